The molecule has 0 atom stereocenters. The van der Waals surface area contributed by atoms with Gasteiger partial charge in [0.2, 0.25) is 5.91 Å². The summed E-state index contributed by atoms with van der Waals surface area (Å²) in [4.78, 5) is 40.9. The summed E-state index contributed by atoms with van der Waals surface area (Å²) in [7, 11) is 0. The van der Waals surface area contributed by atoms with Crippen LogP contribution in [0.25, 0.3) is 0 Å². The Morgan fingerprint density at radius 1 is 1.27 bits per heavy atom. The van der Waals surface area contributed by atoms with E-state index in [9.17, 15) is 14.4 Å². The van der Waals surface area contributed by atoms with Gasteiger partial charge in [-0.15, -0.1) is 0 Å². The third kappa shape index (κ3) is 5.34. The average Bonchev–Trinajstić information content (AvgIpc) is 2.52. The number of aromatic amines is 1. The van der Waals surface area contributed by atoms with E-state index in [2.05, 4.69) is 10.3 Å². The van der Waals surface area contributed by atoms with Crippen LogP contribution in [0.2, 0.25) is 0 Å². The molecule has 1 aliphatic heterocycles. The van der Waals surface area contributed by atoms with Gasteiger partial charge in [0, 0.05) is 36.8 Å². The highest BCUT2D eigenvalue weighted by atomic mass is 16.6. The number of hydrogen-bond acceptors (Lipinski definition) is 4. The Hall–Kier alpha value is -2.31. The first-order chi connectivity index (χ1) is 12.1. The van der Waals surface area contributed by atoms with Crippen LogP contribution in [-0.2, 0) is 16.1 Å². The molecule has 0 aliphatic carbocycles. The van der Waals surface area contributed by atoms with Crippen molar-refractivity contribution in [3.8, 4) is 0 Å². The molecule has 1 aromatic rings. The maximum absolute atomic E-state index is 12.4. The van der Waals surface area contributed by atoms with Gasteiger partial charge in [0.1, 0.15) is 5.60 Å². The molecule has 0 unspecified atom stereocenters. The molecule has 0 aromatic carbocycles. The highest BCUT2D eigenvalue weighted by molar-refractivity contribution is 5.79. The number of aromatic nitrogens is 1. The number of H-pyrrole nitrogens is 1. The van der Waals surface area contributed by atoms with Gasteiger partial charge in [0.05, 0.1) is 0 Å². The SMILES string of the molecule is Cc1cc(C)c(CNC(=O)C2CCN(C(=O)OC(C)(C)C)CC2)c(=O)[nH]1. The van der Waals surface area contributed by atoms with E-state index in [1.165, 1.54) is 0 Å². The summed E-state index contributed by atoms with van der Waals surface area (Å²) in [5.41, 5.74) is 1.56. The lowest BCUT2D eigenvalue weighted by Crippen LogP contribution is -2.45. The molecule has 2 amide bonds. The lowest BCUT2D eigenvalue weighted by Gasteiger charge is -2.32. The quantitative estimate of drug-likeness (QED) is 0.862. The second kappa shape index (κ2) is 7.93. The van der Waals surface area contributed by atoms with E-state index in [4.69, 9.17) is 4.74 Å². The Balaban J connectivity index is 1.86. The van der Waals surface area contributed by atoms with Gasteiger partial charge in [-0.05, 0) is 59.1 Å². The Kier molecular flexibility index (Phi) is 6.10. The van der Waals surface area contributed by atoms with Crippen LogP contribution < -0.4 is 10.9 Å². The maximum atomic E-state index is 12.4. The van der Waals surface area contributed by atoms with Crippen molar-refractivity contribution >= 4 is 12.0 Å². The summed E-state index contributed by atoms with van der Waals surface area (Å²) in [6.45, 7) is 10.4. The standard InChI is InChI=1S/C19H29N3O4/c1-12-10-13(2)21-17(24)15(12)11-20-16(23)14-6-8-22(9-7-14)18(25)26-19(3,4)5/h10,14H,6-9,11H2,1-5H3,(H,20,23)(H,21,24). The predicted octanol–water partition coefficient (Wildman–Crippen LogP) is 2.26. The molecule has 2 heterocycles. The summed E-state index contributed by atoms with van der Waals surface area (Å²) in [6, 6.07) is 1.89. The zero-order chi connectivity index (χ0) is 19.5. The van der Waals surface area contributed by atoms with Crippen LogP contribution in [0.15, 0.2) is 10.9 Å². The third-order valence-corrected chi connectivity index (χ3v) is 4.45. The first kappa shape index (κ1) is 20.0. The summed E-state index contributed by atoms with van der Waals surface area (Å²) < 4.78 is 5.36. The van der Waals surface area contributed by atoms with Crippen LogP contribution in [0.4, 0.5) is 4.79 Å². The molecular weight excluding hydrogens is 334 g/mol. The van der Waals surface area contributed by atoms with Crippen molar-refractivity contribution in [2.45, 2.75) is 59.6 Å². The van der Waals surface area contributed by atoms with Crippen molar-refractivity contribution in [1.29, 1.82) is 0 Å². The van der Waals surface area contributed by atoms with Gasteiger partial charge in [0.25, 0.3) is 5.56 Å². The van der Waals surface area contributed by atoms with Gasteiger partial charge in [-0.1, -0.05) is 0 Å². The zero-order valence-corrected chi connectivity index (χ0v) is 16.3. The minimum Gasteiger partial charge on any atom is -0.444 e. The molecule has 2 N–H and O–H groups in total. The summed E-state index contributed by atoms with van der Waals surface area (Å²) in [5.74, 6) is -0.230. The van der Waals surface area contributed by atoms with Crippen LogP contribution >= 0.6 is 0 Å². The van der Waals surface area contributed by atoms with E-state index in [0.29, 0.717) is 31.5 Å². The number of nitrogens with one attached hydrogen (secondary N) is 2. The van der Waals surface area contributed by atoms with Crippen molar-refractivity contribution < 1.29 is 14.3 Å². The number of amides is 2. The van der Waals surface area contributed by atoms with E-state index < -0.39 is 5.60 Å². The predicted molar refractivity (Wildman–Crippen MR) is 98.9 cm³/mol. The van der Waals surface area contributed by atoms with Crippen molar-refractivity contribution in [2.24, 2.45) is 5.92 Å². The largest absolute Gasteiger partial charge is 0.444 e. The molecule has 1 saturated heterocycles. The zero-order valence-electron chi connectivity index (χ0n) is 16.3. The fraction of sp³-hybridized carbons (Fsp3) is 0.632. The Morgan fingerprint density at radius 3 is 2.42 bits per heavy atom. The molecule has 0 saturated carbocycles. The normalized spacial score (nSPS) is 15.7. The van der Waals surface area contributed by atoms with Gasteiger partial charge >= 0.3 is 6.09 Å². The number of likely N-dealkylation sites (tertiary alicyclic amines) is 1. The summed E-state index contributed by atoms with van der Waals surface area (Å²) in [6.07, 6.45) is 0.848. The number of aryl methyl sites for hydroxylation is 2. The number of nitrogens with zero attached hydrogens (tertiary/aromatic N) is 1. The number of carbonyl (C=O) groups is 2. The van der Waals surface area contributed by atoms with Crippen LogP contribution in [0.3, 0.4) is 0 Å². The van der Waals surface area contributed by atoms with Gasteiger partial charge in [-0.3, -0.25) is 9.59 Å². The number of hydrogen-bond donors (Lipinski definition) is 2. The number of ether oxygens (including phenoxy) is 1. The lowest BCUT2D eigenvalue weighted by molar-refractivity contribution is -0.126. The number of rotatable bonds is 3. The van der Waals surface area contributed by atoms with Gasteiger partial charge in [-0.25, -0.2) is 4.79 Å². The molecule has 26 heavy (non-hydrogen) atoms. The van der Waals surface area contributed by atoms with Crippen LogP contribution in [0, 0.1) is 19.8 Å². The first-order valence-electron chi connectivity index (χ1n) is 9.02. The topological polar surface area (TPSA) is 91.5 Å². The molecule has 0 radical (unpaired) electrons. The van der Waals surface area contributed by atoms with E-state index in [1.54, 1.807) is 4.90 Å². The Bertz CT molecular complexity index is 725. The van der Waals surface area contributed by atoms with Crippen LogP contribution in [0.5, 0.6) is 0 Å². The summed E-state index contributed by atoms with van der Waals surface area (Å²) in [5, 5.41) is 2.86. The van der Waals surface area contributed by atoms with Crippen LogP contribution in [-0.4, -0.2) is 40.6 Å². The highest BCUT2D eigenvalue weighted by Crippen LogP contribution is 2.20. The molecular formula is C19H29N3O4. The number of piperidine rings is 1. The molecule has 0 spiro atoms. The first-order valence-corrected chi connectivity index (χ1v) is 9.02. The van der Waals surface area contributed by atoms with Gasteiger partial charge < -0.3 is 19.9 Å². The number of pyridine rings is 1. The van der Waals surface area contributed by atoms with E-state index >= 15 is 0 Å². The van der Waals surface area contributed by atoms with E-state index in [-0.39, 0.29) is 30.0 Å². The third-order valence-electron chi connectivity index (χ3n) is 4.45. The molecule has 1 aromatic heterocycles. The molecule has 2 rings (SSSR count). The van der Waals surface area contributed by atoms with Crippen molar-refractivity contribution in [3.05, 3.63) is 33.2 Å². The van der Waals surface area contributed by atoms with E-state index in [1.807, 2.05) is 40.7 Å². The molecule has 0 bridgehead atoms. The molecule has 144 valence electrons. The second-order valence-electron chi connectivity index (χ2n) is 7.90. The maximum Gasteiger partial charge on any atom is 0.410 e. The fourth-order valence-corrected chi connectivity index (χ4v) is 3.07. The molecule has 1 fully saturated rings. The fourth-order valence-electron chi connectivity index (χ4n) is 3.07. The number of carbonyl (C=O) groups excluding carboxylic acids is 2. The molecule has 1 aliphatic rings. The minimum absolute atomic E-state index is 0.0757. The van der Waals surface area contributed by atoms with Crippen molar-refractivity contribution in [1.82, 2.24) is 15.2 Å². The van der Waals surface area contributed by atoms with Gasteiger partial charge in [0.15, 0.2) is 0 Å². The second-order valence-corrected chi connectivity index (χ2v) is 7.90. The molecule has 7 heteroatoms. The smallest absolute Gasteiger partial charge is 0.410 e. The Labute approximate surface area is 154 Å². The average molecular weight is 363 g/mol. The highest BCUT2D eigenvalue weighted by Gasteiger charge is 2.29. The minimum atomic E-state index is -0.524. The van der Waals surface area contributed by atoms with Gasteiger partial charge in [-0.2, -0.15) is 0 Å². The summed E-state index contributed by atoms with van der Waals surface area (Å²) >= 11 is 0. The van der Waals surface area contributed by atoms with Crippen molar-refractivity contribution in [3.63, 3.8) is 0 Å². The lowest BCUT2D eigenvalue weighted by atomic mass is 9.96. The van der Waals surface area contributed by atoms with E-state index in [0.717, 1.165) is 11.3 Å². The van der Waals surface area contributed by atoms with Crippen LogP contribution in [0.1, 0.15) is 50.4 Å². The Morgan fingerprint density at radius 2 is 1.88 bits per heavy atom. The van der Waals surface area contributed by atoms with Crippen molar-refractivity contribution in [2.75, 3.05) is 13.1 Å². The molecule has 7 nitrogen and oxygen atoms in total. The monoisotopic (exact) mass is 363 g/mol.